The number of rotatable bonds is 5. The van der Waals surface area contributed by atoms with Crippen LogP contribution in [0.5, 0.6) is 5.75 Å². The van der Waals surface area contributed by atoms with Crippen LogP contribution < -0.4 is 9.64 Å². The second-order valence-electron chi connectivity index (χ2n) is 4.40. The van der Waals surface area contributed by atoms with Gasteiger partial charge in [0.05, 0.1) is 13.7 Å². The Morgan fingerprint density at radius 1 is 1.30 bits per heavy atom. The van der Waals surface area contributed by atoms with E-state index in [1.807, 2.05) is 43.3 Å². The zero-order valence-electron chi connectivity index (χ0n) is 11.7. The van der Waals surface area contributed by atoms with Gasteiger partial charge in [-0.2, -0.15) is 0 Å². The van der Waals surface area contributed by atoms with Gasteiger partial charge >= 0.3 is 0 Å². The average molecular weight is 270 g/mol. The number of aromatic nitrogens is 1. The van der Waals surface area contributed by atoms with Gasteiger partial charge in [0.1, 0.15) is 5.75 Å². The molecule has 1 amide bonds. The number of carbonyl (C=O) groups excluding carboxylic acids is 1. The van der Waals surface area contributed by atoms with Gasteiger partial charge in [-0.1, -0.05) is 19.1 Å². The average Bonchev–Trinajstić information content (AvgIpc) is 2.53. The van der Waals surface area contributed by atoms with Crippen molar-refractivity contribution in [2.45, 2.75) is 19.9 Å². The van der Waals surface area contributed by atoms with Gasteiger partial charge in [0.15, 0.2) is 0 Å². The van der Waals surface area contributed by atoms with Crippen LogP contribution in [0.1, 0.15) is 18.9 Å². The number of methoxy groups -OCH3 is 1. The Morgan fingerprint density at radius 2 is 2.15 bits per heavy atom. The van der Waals surface area contributed by atoms with E-state index in [0.717, 1.165) is 17.0 Å². The van der Waals surface area contributed by atoms with Crippen LogP contribution in [0.2, 0.25) is 0 Å². The van der Waals surface area contributed by atoms with Crippen LogP contribution in [-0.2, 0) is 11.3 Å². The second-order valence-corrected chi connectivity index (χ2v) is 4.40. The third-order valence-electron chi connectivity index (χ3n) is 3.03. The molecule has 0 radical (unpaired) electrons. The first-order chi connectivity index (χ1) is 9.74. The van der Waals surface area contributed by atoms with E-state index in [4.69, 9.17) is 4.74 Å². The summed E-state index contributed by atoms with van der Waals surface area (Å²) in [5.41, 5.74) is 1.83. The summed E-state index contributed by atoms with van der Waals surface area (Å²) >= 11 is 0. The molecule has 0 saturated carbocycles. The van der Waals surface area contributed by atoms with E-state index in [0.29, 0.717) is 13.0 Å². The molecule has 4 heteroatoms. The number of nitrogens with zero attached hydrogens (tertiary/aromatic N) is 2. The van der Waals surface area contributed by atoms with Crippen molar-refractivity contribution in [1.82, 2.24) is 4.98 Å². The molecular formula is C16H18N2O2. The van der Waals surface area contributed by atoms with Crippen molar-refractivity contribution in [3.8, 4) is 5.75 Å². The van der Waals surface area contributed by atoms with Gasteiger partial charge in [-0.05, 0) is 23.8 Å². The van der Waals surface area contributed by atoms with Crippen molar-refractivity contribution in [3.63, 3.8) is 0 Å². The molecule has 1 aromatic carbocycles. The monoisotopic (exact) mass is 270 g/mol. The highest BCUT2D eigenvalue weighted by Gasteiger charge is 2.15. The van der Waals surface area contributed by atoms with E-state index in [-0.39, 0.29) is 5.91 Å². The number of pyridine rings is 1. The Kier molecular flexibility index (Phi) is 4.71. The Labute approximate surface area is 119 Å². The molecule has 0 aliphatic rings. The summed E-state index contributed by atoms with van der Waals surface area (Å²) in [6, 6.07) is 11.4. The van der Waals surface area contributed by atoms with E-state index >= 15 is 0 Å². The van der Waals surface area contributed by atoms with Crippen LogP contribution in [0.15, 0.2) is 48.8 Å². The van der Waals surface area contributed by atoms with Crippen LogP contribution in [0.3, 0.4) is 0 Å². The molecule has 0 aliphatic heterocycles. The highest BCUT2D eigenvalue weighted by atomic mass is 16.5. The molecule has 0 spiro atoms. The fourth-order valence-electron chi connectivity index (χ4n) is 1.97. The highest BCUT2D eigenvalue weighted by molar-refractivity contribution is 5.93. The van der Waals surface area contributed by atoms with Crippen molar-refractivity contribution in [2.24, 2.45) is 0 Å². The van der Waals surface area contributed by atoms with Crippen molar-refractivity contribution in [1.29, 1.82) is 0 Å². The van der Waals surface area contributed by atoms with Gasteiger partial charge in [-0.25, -0.2) is 0 Å². The topological polar surface area (TPSA) is 42.4 Å². The maximum absolute atomic E-state index is 12.2. The van der Waals surface area contributed by atoms with E-state index < -0.39 is 0 Å². The lowest BCUT2D eigenvalue weighted by atomic mass is 10.2. The number of ether oxygens (including phenoxy) is 1. The molecule has 2 rings (SSSR count). The summed E-state index contributed by atoms with van der Waals surface area (Å²) in [5.74, 6) is 0.810. The summed E-state index contributed by atoms with van der Waals surface area (Å²) in [5, 5.41) is 0. The molecule has 20 heavy (non-hydrogen) atoms. The maximum Gasteiger partial charge on any atom is 0.227 e. The third kappa shape index (κ3) is 3.35. The lowest BCUT2D eigenvalue weighted by molar-refractivity contribution is -0.118. The number of carbonyl (C=O) groups is 1. The van der Waals surface area contributed by atoms with Crippen LogP contribution in [0.4, 0.5) is 5.69 Å². The Hall–Kier alpha value is -2.36. The largest absolute Gasteiger partial charge is 0.497 e. The standard InChI is InChI=1S/C16H18N2O2/c1-3-16(19)18(12-13-6-5-9-17-11-13)14-7-4-8-15(10-14)20-2/h4-11H,3,12H2,1-2H3. The number of hydrogen-bond acceptors (Lipinski definition) is 3. The first kappa shape index (κ1) is 14.1. The van der Waals surface area contributed by atoms with Gasteiger partial charge in [0.25, 0.3) is 0 Å². The van der Waals surface area contributed by atoms with Gasteiger partial charge in [0, 0.05) is 30.6 Å². The molecule has 0 bridgehead atoms. The van der Waals surface area contributed by atoms with Crippen LogP contribution in [0, 0.1) is 0 Å². The van der Waals surface area contributed by atoms with E-state index in [1.165, 1.54) is 0 Å². The molecule has 4 nitrogen and oxygen atoms in total. The molecule has 1 heterocycles. The molecule has 0 fully saturated rings. The van der Waals surface area contributed by atoms with E-state index in [2.05, 4.69) is 4.98 Å². The lowest BCUT2D eigenvalue weighted by Crippen LogP contribution is -2.29. The zero-order chi connectivity index (χ0) is 14.4. The van der Waals surface area contributed by atoms with Gasteiger partial charge in [-0.15, -0.1) is 0 Å². The molecule has 0 saturated heterocycles. The highest BCUT2D eigenvalue weighted by Crippen LogP contribution is 2.23. The normalized spacial score (nSPS) is 10.1. The predicted octanol–water partition coefficient (Wildman–Crippen LogP) is 3.03. The van der Waals surface area contributed by atoms with E-state index in [9.17, 15) is 4.79 Å². The number of anilines is 1. The van der Waals surface area contributed by atoms with Crippen molar-refractivity contribution >= 4 is 11.6 Å². The SMILES string of the molecule is CCC(=O)N(Cc1cccnc1)c1cccc(OC)c1. The Balaban J connectivity index is 2.29. The number of amides is 1. The summed E-state index contributed by atoms with van der Waals surface area (Å²) in [6.45, 7) is 2.37. The third-order valence-corrected chi connectivity index (χ3v) is 3.03. The van der Waals surface area contributed by atoms with Crippen LogP contribution in [-0.4, -0.2) is 18.0 Å². The molecule has 104 valence electrons. The quantitative estimate of drug-likeness (QED) is 0.838. The van der Waals surface area contributed by atoms with Gasteiger partial charge in [0.2, 0.25) is 5.91 Å². The predicted molar refractivity (Wildman–Crippen MR) is 78.7 cm³/mol. The summed E-state index contributed by atoms with van der Waals surface area (Å²) in [4.78, 5) is 18.0. The zero-order valence-corrected chi connectivity index (χ0v) is 11.7. The minimum atomic E-state index is 0.0714. The number of hydrogen-bond donors (Lipinski definition) is 0. The maximum atomic E-state index is 12.2. The molecule has 0 aliphatic carbocycles. The van der Waals surface area contributed by atoms with Crippen LogP contribution in [0.25, 0.3) is 0 Å². The van der Waals surface area contributed by atoms with Gasteiger partial charge < -0.3 is 9.64 Å². The van der Waals surface area contributed by atoms with Crippen molar-refractivity contribution < 1.29 is 9.53 Å². The molecule has 0 atom stereocenters. The van der Waals surface area contributed by atoms with E-state index in [1.54, 1.807) is 24.4 Å². The number of benzene rings is 1. The second kappa shape index (κ2) is 6.70. The fraction of sp³-hybridized carbons (Fsp3) is 0.250. The molecule has 2 aromatic rings. The van der Waals surface area contributed by atoms with Crippen LogP contribution >= 0.6 is 0 Å². The molecular weight excluding hydrogens is 252 g/mol. The minimum Gasteiger partial charge on any atom is -0.497 e. The summed E-state index contributed by atoms with van der Waals surface area (Å²) in [6.07, 6.45) is 3.95. The Bertz CT molecular complexity index is 570. The summed E-state index contributed by atoms with van der Waals surface area (Å²) < 4.78 is 5.22. The summed E-state index contributed by atoms with van der Waals surface area (Å²) in [7, 11) is 1.62. The lowest BCUT2D eigenvalue weighted by Gasteiger charge is -2.22. The van der Waals surface area contributed by atoms with Crippen molar-refractivity contribution in [2.75, 3.05) is 12.0 Å². The van der Waals surface area contributed by atoms with Gasteiger partial charge in [-0.3, -0.25) is 9.78 Å². The fourth-order valence-corrected chi connectivity index (χ4v) is 1.97. The molecule has 1 aromatic heterocycles. The smallest absolute Gasteiger partial charge is 0.227 e. The molecule has 0 N–H and O–H groups in total. The first-order valence-electron chi connectivity index (χ1n) is 6.58. The first-order valence-corrected chi connectivity index (χ1v) is 6.58. The molecule has 0 unspecified atom stereocenters. The van der Waals surface area contributed by atoms with Crippen molar-refractivity contribution in [3.05, 3.63) is 54.4 Å². The Morgan fingerprint density at radius 3 is 2.80 bits per heavy atom. The minimum absolute atomic E-state index is 0.0714.